The highest BCUT2D eigenvalue weighted by Gasteiger charge is 2.22. The molecular weight excluding hydrogens is 416 g/mol. The summed E-state index contributed by atoms with van der Waals surface area (Å²) in [4.78, 5) is 39.0. The van der Waals surface area contributed by atoms with Crippen LogP contribution in [0.5, 0.6) is 11.5 Å². The first-order valence-corrected chi connectivity index (χ1v) is 9.86. The number of amides is 3. The van der Waals surface area contributed by atoms with E-state index in [1.54, 1.807) is 47.4 Å². The first-order valence-electron chi connectivity index (χ1n) is 9.86. The van der Waals surface area contributed by atoms with Crippen LogP contribution in [0, 0.1) is 0 Å². The zero-order valence-electron chi connectivity index (χ0n) is 17.8. The monoisotopic (exact) mass is 440 g/mol. The number of hydrogen-bond acceptors (Lipinski definition) is 7. The number of ether oxygens (including phenoxy) is 3. The van der Waals surface area contributed by atoms with E-state index < -0.39 is 11.8 Å². The van der Waals surface area contributed by atoms with Crippen LogP contribution in [0.15, 0.2) is 47.6 Å². The van der Waals surface area contributed by atoms with Gasteiger partial charge in [0.15, 0.2) is 0 Å². The Morgan fingerprint density at radius 3 is 2.50 bits per heavy atom. The van der Waals surface area contributed by atoms with Crippen LogP contribution in [-0.2, 0) is 14.3 Å². The van der Waals surface area contributed by atoms with Gasteiger partial charge >= 0.3 is 11.8 Å². The SMILES string of the molecule is COc1ccc(OC)c(/C=N/NC(=O)C(=O)Nc2ccccc2C(=O)N2CCOCC2)c1. The van der Waals surface area contributed by atoms with Gasteiger partial charge in [0.2, 0.25) is 0 Å². The van der Waals surface area contributed by atoms with Gasteiger partial charge in [-0.3, -0.25) is 14.4 Å². The van der Waals surface area contributed by atoms with E-state index in [2.05, 4.69) is 15.8 Å². The van der Waals surface area contributed by atoms with Crippen LogP contribution < -0.4 is 20.2 Å². The van der Waals surface area contributed by atoms with Crippen molar-refractivity contribution in [2.45, 2.75) is 0 Å². The molecule has 168 valence electrons. The van der Waals surface area contributed by atoms with E-state index in [1.165, 1.54) is 20.4 Å². The second-order valence-corrected chi connectivity index (χ2v) is 6.71. The number of anilines is 1. The predicted molar refractivity (Wildman–Crippen MR) is 117 cm³/mol. The van der Waals surface area contributed by atoms with Gasteiger partial charge in [-0.25, -0.2) is 5.43 Å². The molecule has 2 aromatic rings. The highest BCUT2D eigenvalue weighted by molar-refractivity contribution is 6.40. The Bertz CT molecular complexity index is 1020. The summed E-state index contributed by atoms with van der Waals surface area (Å²) in [6.07, 6.45) is 1.34. The molecule has 10 nitrogen and oxygen atoms in total. The van der Waals surface area contributed by atoms with Crippen molar-refractivity contribution >= 4 is 29.6 Å². The summed E-state index contributed by atoms with van der Waals surface area (Å²) in [7, 11) is 3.03. The standard InChI is InChI=1S/C22H24N4O6/c1-30-16-7-8-19(31-2)15(13-16)14-23-25-21(28)20(27)24-18-6-4-3-5-17(18)22(29)26-9-11-32-12-10-26/h3-8,13-14H,9-12H2,1-2H3,(H,24,27)(H,25,28)/b23-14+. The van der Waals surface area contributed by atoms with Gasteiger partial charge in [0.25, 0.3) is 5.91 Å². The maximum Gasteiger partial charge on any atom is 0.329 e. The molecule has 1 aliphatic heterocycles. The molecule has 0 atom stereocenters. The number of methoxy groups -OCH3 is 2. The Morgan fingerprint density at radius 1 is 1.03 bits per heavy atom. The summed E-state index contributed by atoms with van der Waals surface area (Å²) >= 11 is 0. The smallest absolute Gasteiger partial charge is 0.329 e. The molecule has 2 aromatic carbocycles. The van der Waals surface area contributed by atoms with Crippen LogP contribution >= 0.6 is 0 Å². The van der Waals surface area contributed by atoms with Gasteiger partial charge in [0.05, 0.1) is 44.9 Å². The second kappa shape index (κ2) is 10.9. The summed E-state index contributed by atoms with van der Waals surface area (Å²) in [5.74, 6) is -1.09. The van der Waals surface area contributed by atoms with Crippen molar-refractivity contribution in [3.8, 4) is 11.5 Å². The number of carbonyl (C=O) groups is 3. The molecule has 32 heavy (non-hydrogen) atoms. The minimum atomic E-state index is -0.989. The molecule has 0 bridgehead atoms. The zero-order valence-corrected chi connectivity index (χ0v) is 17.8. The summed E-state index contributed by atoms with van der Waals surface area (Å²) in [5, 5.41) is 6.28. The van der Waals surface area contributed by atoms with Gasteiger partial charge in [-0.05, 0) is 30.3 Å². The lowest BCUT2D eigenvalue weighted by Crippen LogP contribution is -2.41. The van der Waals surface area contributed by atoms with Crippen LogP contribution in [0.1, 0.15) is 15.9 Å². The van der Waals surface area contributed by atoms with E-state index in [4.69, 9.17) is 14.2 Å². The largest absolute Gasteiger partial charge is 0.497 e. The normalized spacial score (nSPS) is 13.5. The first kappa shape index (κ1) is 22.8. The molecule has 1 saturated heterocycles. The molecule has 0 aliphatic carbocycles. The number of hydrogen-bond donors (Lipinski definition) is 2. The minimum Gasteiger partial charge on any atom is -0.497 e. The topological polar surface area (TPSA) is 119 Å². The summed E-state index contributed by atoms with van der Waals surface area (Å²) in [6.45, 7) is 1.84. The third kappa shape index (κ3) is 5.61. The van der Waals surface area contributed by atoms with Crippen LogP contribution in [0.25, 0.3) is 0 Å². The number of benzene rings is 2. The fourth-order valence-corrected chi connectivity index (χ4v) is 3.05. The molecule has 0 saturated carbocycles. The molecule has 1 heterocycles. The van der Waals surface area contributed by atoms with Crippen LogP contribution in [0.2, 0.25) is 0 Å². The molecule has 2 N–H and O–H groups in total. The molecular formula is C22H24N4O6. The number of nitrogens with one attached hydrogen (secondary N) is 2. The van der Waals surface area contributed by atoms with Crippen molar-refractivity contribution in [1.29, 1.82) is 0 Å². The van der Waals surface area contributed by atoms with Crippen molar-refractivity contribution in [3.05, 3.63) is 53.6 Å². The number of rotatable bonds is 6. The van der Waals surface area contributed by atoms with Crippen LogP contribution in [0.3, 0.4) is 0 Å². The van der Waals surface area contributed by atoms with Crippen molar-refractivity contribution < 1.29 is 28.6 Å². The molecule has 0 aromatic heterocycles. The number of nitrogens with zero attached hydrogens (tertiary/aromatic N) is 2. The summed E-state index contributed by atoms with van der Waals surface area (Å²) < 4.78 is 15.7. The van der Waals surface area contributed by atoms with Crippen LogP contribution in [0.4, 0.5) is 5.69 Å². The number of morpholine rings is 1. The third-order valence-electron chi connectivity index (χ3n) is 4.72. The summed E-state index contributed by atoms with van der Waals surface area (Å²) in [6, 6.07) is 11.6. The van der Waals surface area contributed by atoms with Crippen LogP contribution in [-0.4, -0.2) is 69.4 Å². The lowest BCUT2D eigenvalue weighted by Gasteiger charge is -2.27. The molecule has 10 heteroatoms. The molecule has 3 amide bonds. The number of carbonyl (C=O) groups excluding carboxylic acids is 3. The minimum absolute atomic E-state index is 0.239. The Kier molecular flexibility index (Phi) is 7.76. The van der Waals surface area contributed by atoms with E-state index in [0.29, 0.717) is 48.9 Å². The van der Waals surface area contributed by atoms with E-state index in [-0.39, 0.29) is 11.6 Å². The Balaban J connectivity index is 1.65. The Hall–Kier alpha value is -3.92. The zero-order chi connectivity index (χ0) is 22.9. The van der Waals surface area contributed by atoms with Crippen molar-refractivity contribution in [1.82, 2.24) is 10.3 Å². The van der Waals surface area contributed by atoms with E-state index >= 15 is 0 Å². The van der Waals surface area contributed by atoms with Crippen molar-refractivity contribution in [2.75, 3.05) is 45.8 Å². The van der Waals surface area contributed by atoms with Gasteiger partial charge in [-0.2, -0.15) is 5.10 Å². The fourth-order valence-electron chi connectivity index (χ4n) is 3.05. The summed E-state index contributed by atoms with van der Waals surface area (Å²) in [5.41, 5.74) is 3.24. The highest BCUT2D eigenvalue weighted by Crippen LogP contribution is 2.22. The second-order valence-electron chi connectivity index (χ2n) is 6.71. The molecule has 0 radical (unpaired) electrons. The average Bonchev–Trinajstić information content (AvgIpc) is 2.84. The van der Waals surface area contributed by atoms with Gasteiger partial charge in [-0.15, -0.1) is 0 Å². The van der Waals surface area contributed by atoms with Gasteiger partial charge in [0, 0.05) is 18.7 Å². The molecule has 3 rings (SSSR count). The van der Waals surface area contributed by atoms with Crippen molar-refractivity contribution in [2.24, 2.45) is 5.10 Å². The highest BCUT2D eigenvalue weighted by atomic mass is 16.5. The number of para-hydroxylation sites is 1. The Morgan fingerprint density at radius 2 is 1.78 bits per heavy atom. The van der Waals surface area contributed by atoms with Gasteiger partial charge in [-0.1, -0.05) is 12.1 Å². The van der Waals surface area contributed by atoms with E-state index in [0.717, 1.165) is 0 Å². The van der Waals surface area contributed by atoms with E-state index in [9.17, 15) is 14.4 Å². The lowest BCUT2D eigenvalue weighted by atomic mass is 10.1. The quantitative estimate of drug-likeness (QED) is 0.397. The fraction of sp³-hybridized carbons (Fsp3) is 0.273. The molecule has 0 unspecified atom stereocenters. The predicted octanol–water partition coefficient (Wildman–Crippen LogP) is 1.26. The number of hydrazone groups is 1. The lowest BCUT2D eigenvalue weighted by molar-refractivity contribution is -0.136. The average molecular weight is 440 g/mol. The van der Waals surface area contributed by atoms with Crippen molar-refractivity contribution in [3.63, 3.8) is 0 Å². The maximum atomic E-state index is 12.8. The third-order valence-corrected chi connectivity index (χ3v) is 4.72. The van der Waals surface area contributed by atoms with E-state index in [1.807, 2.05) is 0 Å². The van der Waals surface area contributed by atoms with Gasteiger partial charge < -0.3 is 24.4 Å². The first-order chi connectivity index (χ1) is 15.5. The Labute approximate surface area is 185 Å². The molecule has 1 aliphatic rings. The van der Waals surface area contributed by atoms with Gasteiger partial charge in [0.1, 0.15) is 11.5 Å². The molecule has 1 fully saturated rings. The maximum absolute atomic E-state index is 12.8. The molecule has 0 spiro atoms.